The molecule has 1 amide bonds. The summed E-state index contributed by atoms with van der Waals surface area (Å²) in [6.07, 6.45) is 7.58. The van der Waals surface area contributed by atoms with E-state index in [-0.39, 0.29) is 31.0 Å². The highest BCUT2D eigenvalue weighted by Crippen LogP contribution is 2.49. The molecule has 1 saturated carbocycles. The van der Waals surface area contributed by atoms with E-state index in [0.717, 1.165) is 44.2 Å². The maximum Gasteiger partial charge on any atom is 0.325 e. The van der Waals surface area contributed by atoms with Crippen molar-refractivity contribution in [2.75, 3.05) is 44.8 Å². The van der Waals surface area contributed by atoms with Crippen molar-refractivity contribution in [2.24, 2.45) is 17.8 Å². The molecule has 2 fully saturated rings. The Kier molecular flexibility index (Phi) is 9.18. The molecular weight excluding hydrogens is 499 g/mol. The molecule has 1 saturated heterocycles. The van der Waals surface area contributed by atoms with Gasteiger partial charge in [0.2, 0.25) is 11.9 Å². The van der Waals surface area contributed by atoms with Gasteiger partial charge in [-0.2, -0.15) is 0 Å². The molecule has 200 valence electrons. The maximum atomic E-state index is 14.6. The summed E-state index contributed by atoms with van der Waals surface area (Å²) in [4.78, 5) is 36.0. The van der Waals surface area contributed by atoms with Crippen LogP contribution in [0.3, 0.4) is 0 Å². The van der Waals surface area contributed by atoms with E-state index in [1.165, 1.54) is 24.4 Å². The van der Waals surface area contributed by atoms with Crippen molar-refractivity contribution in [1.82, 2.24) is 14.9 Å². The predicted molar refractivity (Wildman–Crippen MR) is 138 cm³/mol. The molecule has 0 radical (unpaired) electrons. The largest absolute Gasteiger partial charge is 0.493 e. The van der Waals surface area contributed by atoms with Crippen LogP contribution in [0.1, 0.15) is 38.2 Å². The maximum absolute atomic E-state index is 14.6. The quantitative estimate of drug-likeness (QED) is 0.402. The van der Waals surface area contributed by atoms with Crippen molar-refractivity contribution in [3.8, 4) is 5.75 Å². The fraction of sp³-hybridized carbons (Fsp3) is 0.556. The molecule has 37 heavy (non-hydrogen) atoms. The van der Waals surface area contributed by atoms with Gasteiger partial charge in [0, 0.05) is 26.2 Å². The lowest BCUT2D eigenvalue weighted by molar-refractivity contribution is -0.147. The third-order valence-electron chi connectivity index (χ3n) is 7.23. The van der Waals surface area contributed by atoms with E-state index in [1.54, 1.807) is 31.5 Å². The van der Waals surface area contributed by atoms with Crippen LogP contribution in [0, 0.1) is 23.6 Å². The van der Waals surface area contributed by atoms with Gasteiger partial charge in [-0.05, 0) is 62.0 Å². The first kappa shape index (κ1) is 27.1. The SMILES string of the molecule is CCOC(=O)CN(C)C(=O)Cc1ccc(OCC[C@@H]2C[C@@H]2C2CCN(c3ncc(Cl)cn3)CC2)cc1F. The Morgan fingerprint density at radius 3 is 2.62 bits per heavy atom. The molecule has 1 aromatic heterocycles. The van der Waals surface area contributed by atoms with Crippen LogP contribution in [-0.2, 0) is 20.7 Å². The van der Waals surface area contributed by atoms with E-state index in [0.29, 0.717) is 29.2 Å². The van der Waals surface area contributed by atoms with Gasteiger partial charge in [0.05, 0.1) is 37.1 Å². The highest BCUT2D eigenvalue weighted by molar-refractivity contribution is 6.30. The first-order chi connectivity index (χ1) is 17.8. The van der Waals surface area contributed by atoms with Gasteiger partial charge >= 0.3 is 5.97 Å². The van der Waals surface area contributed by atoms with Crippen LogP contribution in [0.5, 0.6) is 5.75 Å². The van der Waals surface area contributed by atoms with Crippen LogP contribution < -0.4 is 9.64 Å². The summed E-state index contributed by atoms with van der Waals surface area (Å²) in [5.74, 6) is 1.97. The Morgan fingerprint density at radius 1 is 1.22 bits per heavy atom. The highest BCUT2D eigenvalue weighted by Gasteiger charge is 2.43. The topological polar surface area (TPSA) is 84.9 Å². The van der Waals surface area contributed by atoms with Crippen molar-refractivity contribution >= 4 is 29.4 Å². The van der Waals surface area contributed by atoms with Gasteiger partial charge in [-0.15, -0.1) is 0 Å². The number of ether oxygens (including phenoxy) is 2. The second kappa shape index (κ2) is 12.5. The molecule has 2 aliphatic rings. The third kappa shape index (κ3) is 7.53. The Morgan fingerprint density at radius 2 is 1.95 bits per heavy atom. The molecule has 0 spiro atoms. The monoisotopic (exact) mass is 532 g/mol. The lowest BCUT2D eigenvalue weighted by atomic mass is 9.90. The first-order valence-corrected chi connectivity index (χ1v) is 13.2. The van der Waals surface area contributed by atoms with Crippen LogP contribution >= 0.6 is 11.6 Å². The zero-order valence-electron chi connectivity index (χ0n) is 21.4. The van der Waals surface area contributed by atoms with E-state index in [1.807, 2.05) is 0 Å². The molecule has 1 aliphatic heterocycles. The summed E-state index contributed by atoms with van der Waals surface area (Å²) < 4.78 is 25.2. The fourth-order valence-corrected chi connectivity index (χ4v) is 5.15. The van der Waals surface area contributed by atoms with Gasteiger partial charge in [-0.3, -0.25) is 9.59 Å². The molecule has 0 bridgehead atoms. The van der Waals surface area contributed by atoms with Crippen molar-refractivity contribution in [1.29, 1.82) is 0 Å². The Balaban J connectivity index is 1.16. The number of likely N-dealkylation sites (N-methyl/N-ethyl adjacent to an activating group) is 1. The summed E-state index contributed by atoms with van der Waals surface area (Å²) in [6.45, 7) is 4.24. The number of amides is 1. The number of rotatable bonds is 11. The van der Waals surface area contributed by atoms with Crippen LogP contribution in [0.2, 0.25) is 5.02 Å². The summed E-state index contributed by atoms with van der Waals surface area (Å²) >= 11 is 5.89. The van der Waals surface area contributed by atoms with E-state index in [9.17, 15) is 14.0 Å². The second-order valence-corrected chi connectivity index (χ2v) is 10.2. The zero-order valence-corrected chi connectivity index (χ0v) is 22.1. The summed E-state index contributed by atoms with van der Waals surface area (Å²) in [6, 6.07) is 4.59. The number of hydrogen-bond acceptors (Lipinski definition) is 7. The molecule has 10 heteroatoms. The van der Waals surface area contributed by atoms with E-state index < -0.39 is 11.8 Å². The van der Waals surface area contributed by atoms with Gasteiger partial charge in [0.15, 0.2) is 0 Å². The molecule has 1 aromatic carbocycles. The smallest absolute Gasteiger partial charge is 0.325 e. The number of nitrogens with zero attached hydrogens (tertiary/aromatic N) is 4. The normalized spacial score (nSPS) is 19.4. The molecule has 0 N–H and O–H groups in total. The van der Waals surface area contributed by atoms with Crippen molar-refractivity contribution in [3.63, 3.8) is 0 Å². The van der Waals surface area contributed by atoms with Crippen molar-refractivity contribution in [3.05, 3.63) is 47.0 Å². The van der Waals surface area contributed by atoms with Crippen LogP contribution in [-0.4, -0.2) is 66.6 Å². The third-order valence-corrected chi connectivity index (χ3v) is 7.43. The fourth-order valence-electron chi connectivity index (χ4n) is 5.05. The number of aromatic nitrogens is 2. The first-order valence-electron chi connectivity index (χ1n) is 12.9. The Labute approximate surface area is 222 Å². The van der Waals surface area contributed by atoms with Gasteiger partial charge < -0.3 is 19.3 Å². The molecule has 2 atom stereocenters. The summed E-state index contributed by atoms with van der Waals surface area (Å²) in [5.41, 5.74) is 0.269. The highest BCUT2D eigenvalue weighted by atomic mass is 35.5. The predicted octanol–water partition coefficient (Wildman–Crippen LogP) is 4.15. The number of halogens is 2. The molecule has 0 unspecified atom stereocenters. The molecule has 2 aromatic rings. The van der Waals surface area contributed by atoms with Gasteiger partial charge in [0.1, 0.15) is 18.1 Å². The number of carbonyl (C=O) groups excluding carboxylic acids is 2. The van der Waals surface area contributed by atoms with E-state index >= 15 is 0 Å². The average molecular weight is 533 g/mol. The van der Waals surface area contributed by atoms with Crippen LogP contribution in [0.25, 0.3) is 0 Å². The Bertz CT molecular complexity index is 1080. The number of hydrogen-bond donors (Lipinski definition) is 0. The van der Waals surface area contributed by atoms with Gasteiger partial charge in [-0.1, -0.05) is 17.7 Å². The van der Waals surface area contributed by atoms with E-state index in [2.05, 4.69) is 14.9 Å². The second-order valence-electron chi connectivity index (χ2n) is 9.81. The van der Waals surface area contributed by atoms with Crippen molar-refractivity contribution < 1.29 is 23.5 Å². The Hall–Kier alpha value is -2.94. The van der Waals surface area contributed by atoms with Crippen LogP contribution in [0.4, 0.5) is 10.3 Å². The lowest BCUT2D eigenvalue weighted by Crippen LogP contribution is -2.35. The summed E-state index contributed by atoms with van der Waals surface area (Å²) in [7, 11) is 1.50. The van der Waals surface area contributed by atoms with Crippen molar-refractivity contribution in [2.45, 2.75) is 39.0 Å². The van der Waals surface area contributed by atoms with Crippen LogP contribution in [0.15, 0.2) is 30.6 Å². The molecule has 2 heterocycles. The number of benzene rings is 1. The molecule has 8 nitrogen and oxygen atoms in total. The molecule has 1 aliphatic carbocycles. The van der Waals surface area contributed by atoms with Gasteiger partial charge in [-0.25, -0.2) is 14.4 Å². The molecule has 4 rings (SSSR count). The lowest BCUT2D eigenvalue weighted by Gasteiger charge is -2.32. The number of anilines is 1. The number of carbonyl (C=O) groups is 2. The summed E-state index contributed by atoms with van der Waals surface area (Å²) in [5, 5.41) is 0.547. The van der Waals surface area contributed by atoms with Gasteiger partial charge in [0.25, 0.3) is 0 Å². The zero-order chi connectivity index (χ0) is 26.4. The number of piperidine rings is 1. The molecular formula is C27H34ClFN4O4. The standard InChI is InChI=1S/C27H34ClFN4O4/c1-3-36-26(35)17-32(2)25(34)13-20-4-5-22(14-24(20)29)37-11-8-19-12-23(19)18-6-9-33(10-7-18)27-30-15-21(28)16-31-27/h4-5,14-16,18-19,23H,3,6-13,17H2,1-2H3/t19-,23-/m1/s1. The minimum Gasteiger partial charge on any atom is -0.493 e. The van der Waals surface area contributed by atoms with E-state index in [4.69, 9.17) is 21.1 Å². The number of esters is 1. The average Bonchev–Trinajstić information content (AvgIpc) is 3.66. The minimum atomic E-state index is -0.490. The minimum absolute atomic E-state index is 0.130.